The average molecular weight is 265 g/mol. The Balaban J connectivity index is 2.32. The summed E-state index contributed by atoms with van der Waals surface area (Å²) >= 11 is 8.90. The molecule has 5 heteroatoms. The maximum atomic E-state index is 5.55. The minimum atomic E-state index is 0.715. The molecule has 0 aliphatic rings. The molecular formula is C8H11BrClN3. The molecule has 0 spiro atoms. The molecular weight excluding hydrogens is 253 g/mol. The van der Waals surface area contributed by atoms with Crippen LogP contribution in [0.5, 0.6) is 0 Å². The lowest BCUT2D eigenvalue weighted by Gasteiger charge is -2.05. The quantitative estimate of drug-likeness (QED) is 0.656. The van der Waals surface area contributed by atoms with Crippen molar-refractivity contribution in [3.05, 3.63) is 17.0 Å². The van der Waals surface area contributed by atoms with E-state index in [1.54, 1.807) is 6.20 Å². The van der Waals surface area contributed by atoms with Gasteiger partial charge >= 0.3 is 0 Å². The van der Waals surface area contributed by atoms with Crippen LogP contribution in [0.15, 0.2) is 17.0 Å². The zero-order valence-corrected chi connectivity index (χ0v) is 9.48. The van der Waals surface area contributed by atoms with Gasteiger partial charge in [-0.2, -0.15) is 0 Å². The summed E-state index contributed by atoms with van der Waals surface area (Å²) in [5.41, 5.74) is 0. The number of halogens is 2. The predicted molar refractivity (Wildman–Crippen MR) is 58.2 cm³/mol. The lowest BCUT2D eigenvalue weighted by molar-refractivity contribution is 0.834. The van der Waals surface area contributed by atoms with Gasteiger partial charge in [-0.15, -0.1) is 11.6 Å². The van der Waals surface area contributed by atoms with Gasteiger partial charge in [-0.05, 0) is 28.8 Å². The van der Waals surface area contributed by atoms with Gasteiger partial charge in [0.15, 0.2) is 0 Å². The zero-order chi connectivity index (χ0) is 9.52. The van der Waals surface area contributed by atoms with E-state index in [-0.39, 0.29) is 0 Å². The van der Waals surface area contributed by atoms with Crippen molar-refractivity contribution < 1.29 is 0 Å². The van der Waals surface area contributed by atoms with Crippen molar-refractivity contribution in [2.24, 2.45) is 0 Å². The van der Waals surface area contributed by atoms with E-state index in [1.807, 2.05) is 0 Å². The van der Waals surface area contributed by atoms with Crippen LogP contribution in [0, 0.1) is 0 Å². The monoisotopic (exact) mass is 263 g/mol. The molecule has 1 rings (SSSR count). The molecule has 3 nitrogen and oxygen atoms in total. The highest BCUT2D eigenvalue weighted by molar-refractivity contribution is 9.10. The Morgan fingerprint density at radius 3 is 3.00 bits per heavy atom. The Hall–Kier alpha value is -0.350. The number of hydrogen-bond acceptors (Lipinski definition) is 3. The SMILES string of the molecule is ClCCCCNc1ncncc1Br. The summed E-state index contributed by atoms with van der Waals surface area (Å²) in [4.78, 5) is 7.94. The largest absolute Gasteiger partial charge is 0.369 e. The second-order valence-corrected chi connectivity index (χ2v) is 3.77. The number of unbranched alkanes of at least 4 members (excludes halogenated alkanes) is 1. The van der Waals surface area contributed by atoms with Crippen LogP contribution in [0.1, 0.15) is 12.8 Å². The van der Waals surface area contributed by atoms with Crippen molar-refractivity contribution in [2.45, 2.75) is 12.8 Å². The fourth-order valence-electron chi connectivity index (χ4n) is 0.869. The van der Waals surface area contributed by atoms with Gasteiger partial charge in [0.25, 0.3) is 0 Å². The van der Waals surface area contributed by atoms with E-state index in [4.69, 9.17) is 11.6 Å². The smallest absolute Gasteiger partial charge is 0.143 e. The van der Waals surface area contributed by atoms with Crippen LogP contribution in [0.2, 0.25) is 0 Å². The molecule has 0 fully saturated rings. The molecule has 0 saturated carbocycles. The number of rotatable bonds is 5. The van der Waals surface area contributed by atoms with Crippen LogP contribution in [-0.2, 0) is 0 Å². The minimum absolute atomic E-state index is 0.715. The molecule has 0 aliphatic carbocycles. The molecule has 0 atom stereocenters. The maximum absolute atomic E-state index is 5.55. The Kier molecular flexibility index (Phi) is 5.08. The molecule has 0 saturated heterocycles. The molecule has 1 aromatic rings. The van der Waals surface area contributed by atoms with Gasteiger partial charge in [-0.25, -0.2) is 9.97 Å². The molecule has 0 bridgehead atoms. The van der Waals surface area contributed by atoms with Gasteiger partial charge in [0, 0.05) is 18.6 Å². The highest BCUT2D eigenvalue weighted by Gasteiger charge is 1.98. The fourth-order valence-corrected chi connectivity index (χ4v) is 1.42. The third-order valence-corrected chi connectivity index (χ3v) is 2.37. The third-order valence-electron chi connectivity index (χ3n) is 1.52. The van der Waals surface area contributed by atoms with Crippen LogP contribution >= 0.6 is 27.5 Å². The fraction of sp³-hybridized carbons (Fsp3) is 0.500. The summed E-state index contributed by atoms with van der Waals surface area (Å²) in [6.07, 6.45) is 5.32. The first-order valence-electron chi connectivity index (χ1n) is 4.10. The number of hydrogen-bond donors (Lipinski definition) is 1. The predicted octanol–water partition coefficient (Wildman–Crippen LogP) is 2.67. The van der Waals surface area contributed by atoms with Gasteiger partial charge in [0.2, 0.25) is 0 Å². The van der Waals surface area contributed by atoms with Crippen molar-refractivity contribution >= 4 is 33.3 Å². The molecule has 1 aromatic heterocycles. The molecule has 0 unspecified atom stereocenters. The molecule has 13 heavy (non-hydrogen) atoms. The second-order valence-electron chi connectivity index (χ2n) is 2.54. The van der Waals surface area contributed by atoms with Gasteiger partial charge in [0.1, 0.15) is 12.1 Å². The van der Waals surface area contributed by atoms with E-state index in [0.717, 1.165) is 29.7 Å². The Morgan fingerprint density at radius 1 is 1.46 bits per heavy atom. The number of anilines is 1. The molecule has 0 aliphatic heterocycles. The van der Waals surface area contributed by atoms with Crippen molar-refractivity contribution in [2.75, 3.05) is 17.7 Å². The minimum Gasteiger partial charge on any atom is -0.369 e. The number of nitrogens with one attached hydrogen (secondary N) is 1. The molecule has 0 amide bonds. The normalized spacial score (nSPS) is 10.0. The molecule has 0 radical (unpaired) electrons. The van der Waals surface area contributed by atoms with Crippen LogP contribution in [0.4, 0.5) is 5.82 Å². The second kappa shape index (κ2) is 6.16. The number of aromatic nitrogens is 2. The summed E-state index contributed by atoms with van der Waals surface area (Å²) in [6.45, 7) is 0.891. The zero-order valence-electron chi connectivity index (χ0n) is 7.13. The summed E-state index contributed by atoms with van der Waals surface area (Å²) in [6, 6.07) is 0. The van der Waals surface area contributed by atoms with E-state index in [1.165, 1.54) is 6.33 Å². The number of alkyl halides is 1. The van der Waals surface area contributed by atoms with E-state index in [9.17, 15) is 0 Å². The van der Waals surface area contributed by atoms with Crippen LogP contribution in [-0.4, -0.2) is 22.4 Å². The Bertz CT molecular complexity index is 257. The van der Waals surface area contributed by atoms with E-state index in [0.29, 0.717) is 5.88 Å². The van der Waals surface area contributed by atoms with E-state index in [2.05, 4.69) is 31.2 Å². The van der Waals surface area contributed by atoms with Gasteiger partial charge in [-0.3, -0.25) is 0 Å². The van der Waals surface area contributed by atoms with Crippen LogP contribution < -0.4 is 5.32 Å². The summed E-state index contributed by atoms with van der Waals surface area (Å²) < 4.78 is 0.890. The van der Waals surface area contributed by atoms with Crippen LogP contribution in [0.3, 0.4) is 0 Å². The van der Waals surface area contributed by atoms with Gasteiger partial charge in [-0.1, -0.05) is 0 Å². The van der Waals surface area contributed by atoms with Crippen molar-refractivity contribution in [1.82, 2.24) is 9.97 Å². The first-order chi connectivity index (χ1) is 6.34. The summed E-state index contributed by atoms with van der Waals surface area (Å²) in [5.74, 6) is 1.55. The lowest BCUT2D eigenvalue weighted by Crippen LogP contribution is -2.04. The molecule has 0 aromatic carbocycles. The average Bonchev–Trinajstić information content (AvgIpc) is 2.15. The van der Waals surface area contributed by atoms with Crippen molar-refractivity contribution in [3.8, 4) is 0 Å². The number of nitrogens with zero attached hydrogens (tertiary/aromatic N) is 2. The van der Waals surface area contributed by atoms with Crippen LogP contribution in [0.25, 0.3) is 0 Å². The molecule has 1 N–H and O–H groups in total. The van der Waals surface area contributed by atoms with E-state index >= 15 is 0 Å². The lowest BCUT2D eigenvalue weighted by atomic mass is 10.3. The summed E-state index contributed by atoms with van der Waals surface area (Å²) in [7, 11) is 0. The van der Waals surface area contributed by atoms with Gasteiger partial charge in [0.05, 0.1) is 4.47 Å². The third kappa shape index (κ3) is 3.91. The topological polar surface area (TPSA) is 37.8 Å². The molecule has 72 valence electrons. The maximum Gasteiger partial charge on any atom is 0.143 e. The summed E-state index contributed by atoms with van der Waals surface area (Å²) in [5, 5.41) is 3.19. The van der Waals surface area contributed by atoms with E-state index < -0.39 is 0 Å². The first-order valence-corrected chi connectivity index (χ1v) is 5.42. The van der Waals surface area contributed by atoms with Gasteiger partial charge < -0.3 is 5.32 Å². The highest BCUT2D eigenvalue weighted by Crippen LogP contribution is 2.16. The van der Waals surface area contributed by atoms with Crippen molar-refractivity contribution in [1.29, 1.82) is 0 Å². The standard InChI is InChI=1S/C8H11BrClN3/c9-7-5-11-6-13-8(7)12-4-2-1-3-10/h5-6H,1-4H2,(H,11,12,13). The Labute approximate surface area is 91.1 Å². The first kappa shape index (κ1) is 10.7. The van der Waals surface area contributed by atoms with Crippen molar-refractivity contribution in [3.63, 3.8) is 0 Å². The molecule has 1 heterocycles. The Morgan fingerprint density at radius 2 is 2.31 bits per heavy atom. The highest BCUT2D eigenvalue weighted by atomic mass is 79.9.